The average Bonchev–Trinajstić information content (AvgIpc) is 2.48. The molecule has 2 rings (SSSR count). The van der Waals surface area contributed by atoms with Crippen LogP contribution in [0.25, 0.3) is 0 Å². The molecule has 0 aliphatic carbocycles. The second-order valence-corrected chi connectivity index (χ2v) is 4.86. The Bertz CT molecular complexity index is 498. The molecule has 0 bridgehead atoms. The third-order valence-corrected chi connectivity index (χ3v) is 3.17. The number of hydrogen-bond acceptors (Lipinski definition) is 6. The third kappa shape index (κ3) is 5.17. The van der Waals surface area contributed by atoms with E-state index in [0.29, 0.717) is 13.0 Å². The molecule has 6 heteroatoms. The molecule has 1 heterocycles. The number of nitrogens with one attached hydrogen (secondary N) is 1. The van der Waals surface area contributed by atoms with Crippen molar-refractivity contribution in [3.8, 4) is 11.5 Å². The van der Waals surface area contributed by atoms with Gasteiger partial charge in [-0.1, -0.05) is 12.1 Å². The largest absolute Gasteiger partial charge is 0.423 e. The van der Waals surface area contributed by atoms with Crippen molar-refractivity contribution in [2.24, 2.45) is 0 Å². The number of nitrogens with zero attached hydrogens (tertiary/aromatic N) is 1. The van der Waals surface area contributed by atoms with E-state index >= 15 is 0 Å². The summed E-state index contributed by atoms with van der Waals surface area (Å²) in [6.45, 7) is 5.77. The summed E-state index contributed by atoms with van der Waals surface area (Å²) in [7, 11) is 0. The Labute approximate surface area is 124 Å². The first-order valence-electron chi connectivity index (χ1n) is 7.06. The molecule has 0 amide bonds. The first-order chi connectivity index (χ1) is 10.1. The first kappa shape index (κ1) is 15.5. The maximum atomic E-state index is 11.9. The highest BCUT2D eigenvalue weighted by atomic mass is 16.6. The van der Waals surface area contributed by atoms with Crippen LogP contribution >= 0.6 is 0 Å². The Kier molecular flexibility index (Phi) is 5.71. The minimum Gasteiger partial charge on any atom is -0.423 e. The lowest BCUT2D eigenvalue weighted by Crippen LogP contribution is -2.44. The first-order valence-corrected chi connectivity index (χ1v) is 7.06. The molecule has 21 heavy (non-hydrogen) atoms. The molecule has 0 saturated carbocycles. The Hall–Kier alpha value is -1.92. The standard InChI is InChI=1S/C15H20N2O4/c1-12(18)20-13-4-2-3-5-14(13)21-15(19)6-9-17-10-7-16-8-11-17/h2-5,16H,6-11H2,1H3. The molecule has 0 atom stereocenters. The van der Waals surface area contributed by atoms with Crippen LogP contribution in [0.5, 0.6) is 11.5 Å². The molecule has 1 N–H and O–H groups in total. The van der Waals surface area contributed by atoms with Crippen LogP contribution in [0, 0.1) is 0 Å². The molecule has 6 nitrogen and oxygen atoms in total. The highest BCUT2D eigenvalue weighted by Gasteiger charge is 2.14. The number of esters is 2. The van der Waals surface area contributed by atoms with E-state index in [1.54, 1.807) is 24.3 Å². The molecule has 0 unspecified atom stereocenters. The lowest BCUT2D eigenvalue weighted by atomic mass is 10.3. The molecular formula is C15H20N2O4. The maximum Gasteiger partial charge on any atom is 0.312 e. The van der Waals surface area contributed by atoms with Crippen LogP contribution in [-0.4, -0.2) is 49.6 Å². The number of benzene rings is 1. The van der Waals surface area contributed by atoms with E-state index < -0.39 is 5.97 Å². The minimum atomic E-state index is -0.445. The summed E-state index contributed by atoms with van der Waals surface area (Å²) in [6.07, 6.45) is 0.314. The van der Waals surface area contributed by atoms with Crippen LogP contribution in [0.4, 0.5) is 0 Å². The van der Waals surface area contributed by atoms with Crippen molar-refractivity contribution in [2.75, 3.05) is 32.7 Å². The Morgan fingerprint density at radius 1 is 1.14 bits per heavy atom. The van der Waals surface area contributed by atoms with E-state index in [1.807, 2.05) is 0 Å². The lowest BCUT2D eigenvalue weighted by Gasteiger charge is -2.26. The van der Waals surface area contributed by atoms with E-state index in [9.17, 15) is 9.59 Å². The fourth-order valence-electron chi connectivity index (χ4n) is 2.13. The summed E-state index contributed by atoms with van der Waals surface area (Å²) in [5.74, 6) is -0.231. The summed E-state index contributed by atoms with van der Waals surface area (Å²) in [4.78, 5) is 25.1. The number of carbonyl (C=O) groups is 2. The van der Waals surface area contributed by atoms with Crippen molar-refractivity contribution in [1.29, 1.82) is 0 Å². The van der Waals surface area contributed by atoms with Crippen molar-refractivity contribution < 1.29 is 19.1 Å². The van der Waals surface area contributed by atoms with Gasteiger partial charge in [0.2, 0.25) is 0 Å². The van der Waals surface area contributed by atoms with Crippen molar-refractivity contribution in [2.45, 2.75) is 13.3 Å². The van der Waals surface area contributed by atoms with Gasteiger partial charge in [-0.05, 0) is 12.1 Å². The molecule has 114 valence electrons. The van der Waals surface area contributed by atoms with Crippen LogP contribution in [0.1, 0.15) is 13.3 Å². The summed E-state index contributed by atoms with van der Waals surface area (Å²) in [5.41, 5.74) is 0. The molecule has 1 aromatic carbocycles. The number of carbonyl (C=O) groups excluding carboxylic acids is 2. The van der Waals surface area contributed by atoms with E-state index in [-0.39, 0.29) is 17.5 Å². The molecular weight excluding hydrogens is 272 g/mol. The fraction of sp³-hybridized carbons (Fsp3) is 0.467. The van der Waals surface area contributed by atoms with Gasteiger partial charge in [0.15, 0.2) is 11.5 Å². The minimum absolute atomic E-state index is 0.264. The number of hydrogen-bond donors (Lipinski definition) is 1. The van der Waals surface area contributed by atoms with Crippen LogP contribution in [0.15, 0.2) is 24.3 Å². The van der Waals surface area contributed by atoms with Crippen molar-refractivity contribution in [3.63, 3.8) is 0 Å². The van der Waals surface area contributed by atoms with Crippen LogP contribution in [0.3, 0.4) is 0 Å². The van der Waals surface area contributed by atoms with Gasteiger partial charge < -0.3 is 19.7 Å². The van der Waals surface area contributed by atoms with Gasteiger partial charge in [0.05, 0.1) is 6.42 Å². The van der Waals surface area contributed by atoms with Crippen molar-refractivity contribution in [1.82, 2.24) is 10.2 Å². The molecule has 0 spiro atoms. The molecule has 1 saturated heterocycles. The summed E-state index contributed by atoms with van der Waals surface area (Å²) >= 11 is 0. The van der Waals surface area contributed by atoms with Gasteiger partial charge in [0.25, 0.3) is 0 Å². The van der Waals surface area contributed by atoms with Gasteiger partial charge in [0, 0.05) is 39.6 Å². The Balaban J connectivity index is 1.85. The number of para-hydroxylation sites is 2. The molecule has 1 aromatic rings. The van der Waals surface area contributed by atoms with Gasteiger partial charge >= 0.3 is 11.9 Å². The summed E-state index contributed by atoms with van der Waals surface area (Å²) in [6, 6.07) is 6.66. The highest BCUT2D eigenvalue weighted by molar-refractivity contribution is 5.75. The zero-order valence-electron chi connectivity index (χ0n) is 12.1. The van der Waals surface area contributed by atoms with Crippen LogP contribution in [-0.2, 0) is 9.59 Å². The van der Waals surface area contributed by atoms with Crippen molar-refractivity contribution in [3.05, 3.63) is 24.3 Å². The third-order valence-electron chi connectivity index (χ3n) is 3.17. The van der Waals surface area contributed by atoms with Crippen LogP contribution < -0.4 is 14.8 Å². The smallest absolute Gasteiger partial charge is 0.312 e. The van der Waals surface area contributed by atoms with Crippen molar-refractivity contribution >= 4 is 11.9 Å². The molecule has 1 fully saturated rings. The number of ether oxygens (including phenoxy) is 2. The van der Waals surface area contributed by atoms with E-state index in [1.165, 1.54) is 6.92 Å². The molecule has 0 radical (unpaired) electrons. The van der Waals surface area contributed by atoms with Gasteiger partial charge in [0.1, 0.15) is 0 Å². The van der Waals surface area contributed by atoms with Gasteiger partial charge in [-0.2, -0.15) is 0 Å². The molecule has 1 aliphatic rings. The lowest BCUT2D eigenvalue weighted by molar-refractivity contribution is -0.136. The molecule has 1 aliphatic heterocycles. The summed E-state index contributed by atoms with van der Waals surface area (Å²) < 4.78 is 10.3. The van der Waals surface area contributed by atoms with E-state index in [4.69, 9.17) is 9.47 Å². The normalized spacial score (nSPS) is 15.5. The quantitative estimate of drug-likeness (QED) is 0.640. The Morgan fingerprint density at radius 3 is 2.38 bits per heavy atom. The van der Waals surface area contributed by atoms with E-state index in [2.05, 4.69) is 10.2 Å². The number of piperazine rings is 1. The SMILES string of the molecule is CC(=O)Oc1ccccc1OC(=O)CCN1CCNCC1. The fourth-order valence-corrected chi connectivity index (χ4v) is 2.13. The second-order valence-electron chi connectivity index (χ2n) is 4.86. The molecule has 0 aromatic heterocycles. The maximum absolute atomic E-state index is 11.9. The van der Waals surface area contributed by atoms with Crippen LogP contribution in [0.2, 0.25) is 0 Å². The van der Waals surface area contributed by atoms with E-state index in [0.717, 1.165) is 26.2 Å². The zero-order valence-corrected chi connectivity index (χ0v) is 12.1. The van der Waals surface area contributed by atoms with Gasteiger partial charge in [-0.15, -0.1) is 0 Å². The summed E-state index contributed by atoms with van der Waals surface area (Å²) in [5, 5.41) is 3.26. The van der Waals surface area contributed by atoms with Gasteiger partial charge in [-0.3, -0.25) is 9.59 Å². The predicted octanol–water partition coefficient (Wildman–Crippen LogP) is 0.813. The second kappa shape index (κ2) is 7.75. The topological polar surface area (TPSA) is 67.9 Å². The predicted molar refractivity (Wildman–Crippen MR) is 77.3 cm³/mol. The number of rotatable bonds is 5. The Morgan fingerprint density at radius 2 is 1.76 bits per heavy atom. The average molecular weight is 292 g/mol. The monoisotopic (exact) mass is 292 g/mol. The highest BCUT2D eigenvalue weighted by Crippen LogP contribution is 2.26. The zero-order chi connectivity index (χ0) is 15.1. The van der Waals surface area contributed by atoms with Gasteiger partial charge in [-0.25, -0.2) is 0 Å².